The van der Waals surface area contributed by atoms with Gasteiger partial charge >= 0.3 is 0 Å². The molecule has 1 heterocycles. The SMILES string of the molecule is CCOCC(=O)NCC[C@@H](O)c1ccsc1. The van der Waals surface area contributed by atoms with Gasteiger partial charge in [0.1, 0.15) is 6.61 Å². The Labute approximate surface area is 99.2 Å². The molecule has 0 saturated carbocycles. The Bertz CT molecular complexity index is 300. The van der Waals surface area contributed by atoms with E-state index < -0.39 is 6.10 Å². The molecular weight excluding hydrogens is 226 g/mol. The molecule has 0 unspecified atom stereocenters. The number of nitrogens with one attached hydrogen (secondary N) is 1. The van der Waals surface area contributed by atoms with Crippen molar-refractivity contribution in [1.82, 2.24) is 5.32 Å². The van der Waals surface area contributed by atoms with Crippen LogP contribution in [0.2, 0.25) is 0 Å². The van der Waals surface area contributed by atoms with Crippen LogP contribution in [0.4, 0.5) is 0 Å². The van der Waals surface area contributed by atoms with Gasteiger partial charge in [-0.25, -0.2) is 0 Å². The smallest absolute Gasteiger partial charge is 0.245 e. The summed E-state index contributed by atoms with van der Waals surface area (Å²) < 4.78 is 4.95. The van der Waals surface area contributed by atoms with E-state index in [0.717, 1.165) is 5.56 Å². The monoisotopic (exact) mass is 243 g/mol. The van der Waals surface area contributed by atoms with Crippen LogP contribution in [-0.4, -0.2) is 30.8 Å². The first-order valence-electron chi connectivity index (χ1n) is 5.28. The average molecular weight is 243 g/mol. The highest BCUT2D eigenvalue weighted by Crippen LogP contribution is 2.18. The third kappa shape index (κ3) is 4.74. The van der Waals surface area contributed by atoms with Crippen molar-refractivity contribution < 1.29 is 14.6 Å². The minimum absolute atomic E-state index is 0.0883. The quantitative estimate of drug-likeness (QED) is 0.759. The van der Waals surface area contributed by atoms with Crippen molar-refractivity contribution in [3.8, 4) is 0 Å². The Hall–Kier alpha value is -0.910. The lowest BCUT2D eigenvalue weighted by Crippen LogP contribution is -2.29. The van der Waals surface area contributed by atoms with Crippen LogP contribution in [0, 0.1) is 0 Å². The lowest BCUT2D eigenvalue weighted by molar-refractivity contribution is -0.125. The first kappa shape index (κ1) is 13.2. The van der Waals surface area contributed by atoms with Gasteiger partial charge in [-0.1, -0.05) is 0 Å². The van der Waals surface area contributed by atoms with E-state index in [1.807, 2.05) is 23.8 Å². The number of aliphatic hydroxyl groups excluding tert-OH is 1. The Kier molecular flexibility index (Phi) is 6.07. The first-order chi connectivity index (χ1) is 7.74. The molecule has 0 spiro atoms. The highest BCUT2D eigenvalue weighted by molar-refractivity contribution is 7.07. The van der Waals surface area contributed by atoms with Crippen LogP contribution in [0.15, 0.2) is 16.8 Å². The molecular formula is C11H17NO3S. The van der Waals surface area contributed by atoms with Crippen LogP contribution in [-0.2, 0) is 9.53 Å². The van der Waals surface area contributed by atoms with E-state index in [1.165, 1.54) is 0 Å². The van der Waals surface area contributed by atoms with Crippen molar-refractivity contribution in [3.63, 3.8) is 0 Å². The van der Waals surface area contributed by atoms with Gasteiger partial charge in [-0.05, 0) is 35.7 Å². The molecule has 4 nitrogen and oxygen atoms in total. The number of thiophene rings is 1. The molecule has 0 aliphatic carbocycles. The first-order valence-corrected chi connectivity index (χ1v) is 6.23. The van der Waals surface area contributed by atoms with Crippen molar-refractivity contribution in [2.75, 3.05) is 19.8 Å². The Morgan fingerprint density at radius 3 is 3.12 bits per heavy atom. The normalized spacial score (nSPS) is 12.4. The summed E-state index contributed by atoms with van der Waals surface area (Å²) in [5.41, 5.74) is 0.907. The van der Waals surface area contributed by atoms with Crippen LogP contribution in [0.25, 0.3) is 0 Å². The number of carbonyl (C=O) groups is 1. The van der Waals surface area contributed by atoms with Crippen molar-refractivity contribution in [1.29, 1.82) is 0 Å². The second-order valence-electron chi connectivity index (χ2n) is 3.35. The molecule has 1 aromatic heterocycles. The van der Waals surface area contributed by atoms with Crippen LogP contribution < -0.4 is 5.32 Å². The standard InChI is InChI=1S/C11H17NO3S/c1-2-15-7-11(14)12-5-3-10(13)9-4-6-16-8-9/h4,6,8,10,13H,2-3,5,7H2,1H3,(H,12,14)/t10-/m1/s1. The third-order valence-electron chi connectivity index (χ3n) is 2.11. The molecule has 0 saturated heterocycles. The van der Waals surface area contributed by atoms with Gasteiger partial charge in [-0.2, -0.15) is 11.3 Å². The summed E-state index contributed by atoms with van der Waals surface area (Å²) in [4.78, 5) is 11.2. The molecule has 2 N–H and O–H groups in total. The molecule has 16 heavy (non-hydrogen) atoms. The summed E-state index contributed by atoms with van der Waals surface area (Å²) in [5.74, 6) is -0.139. The van der Waals surface area contributed by atoms with Gasteiger partial charge < -0.3 is 15.2 Å². The number of hydrogen-bond donors (Lipinski definition) is 2. The lowest BCUT2D eigenvalue weighted by atomic mass is 10.1. The van der Waals surface area contributed by atoms with Crippen LogP contribution >= 0.6 is 11.3 Å². The summed E-state index contributed by atoms with van der Waals surface area (Å²) in [6.45, 7) is 2.92. The lowest BCUT2D eigenvalue weighted by Gasteiger charge is -2.09. The summed E-state index contributed by atoms with van der Waals surface area (Å²) in [7, 11) is 0. The molecule has 1 atom stereocenters. The minimum atomic E-state index is -0.501. The zero-order valence-electron chi connectivity index (χ0n) is 9.31. The fraction of sp³-hybridized carbons (Fsp3) is 0.545. The molecule has 1 rings (SSSR count). The molecule has 0 aliphatic rings. The fourth-order valence-corrected chi connectivity index (χ4v) is 1.93. The maximum atomic E-state index is 11.2. The number of hydrogen-bond acceptors (Lipinski definition) is 4. The van der Waals surface area contributed by atoms with Crippen molar-refractivity contribution in [3.05, 3.63) is 22.4 Å². The van der Waals surface area contributed by atoms with E-state index >= 15 is 0 Å². The molecule has 0 bridgehead atoms. The van der Waals surface area contributed by atoms with E-state index in [2.05, 4.69) is 5.32 Å². The van der Waals surface area contributed by atoms with E-state index in [0.29, 0.717) is 19.6 Å². The maximum absolute atomic E-state index is 11.2. The molecule has 0 radical (unpaired) electrons. The average Bonchev–Trinajstić information content (AvgIpc) is 2.79. The number of ether oxygens (including phenoxy) is 1. The van der Waals surface area contributed by atoms with E-state index in [-0.39, 0.29) is 12.5 Å². The zero-order valence-corrected chi connectivity index (χ0v) is 10.1. The summed E-state index contributed by atoms with van der Waals surface area (Å²) in [6, 6.07) is 1.89. The Morgan fingerprint density at radius 2 is 2.50 bits per heavy atom. The number of rotatable bonds is 7. The van der Waals surface area contributed by atoms with Gasteiger partial charge in [0, 0.05) is 13.2 Å². The Morgan fingerprint density at radius 1 is 1.69 bits per heavy atom. The molecule has 0 aromatic carbocycles. The van der Waals surface area contributed by atoms with E-state index in [9.17, 15) is 9.90 Å². The van der Waals surface area contributed by atoms with Crippen LogP contribution in [0.1, 0.15) is 25.0 Å². The topological polar surface area (TPSA) is 58.6 Å². The highest BCUT2D eigenvalue weighted by atomic mass is 32.1. The molecule has 1 aromatic rings. The molecule has 0 fully saturated rings. The van der Waals surface area contributed by atoms with E-state index in [4.69, 9.17) is 4.74 Å². The molecule has 5 heteroatoms. The fourth-order valence-electron chi connectivity index (χ4n) is 1.23. The largest absolute Gasteiger partial charge is 0.388 e. The second kappa shape index (κ2) is 7.38. The summed E-state index contributed by atoms with van der Waals surface area (Å²) in [5, 5.41) is 16.2. The van der Waals surface area contributed by atoms with Gasteiger partial charge in [-0.3, -0.25) is 4.79 Å². The highest BCUT2D eigenvalue weighted by Gasteiger charge is 2.08. The van der Waals surface area contributed by atoms with Gasteiger partial charge in [0.15, 0.2) is 0 Å². The number of aliphatic hydroxyl groups is 1. The minimum Gasteiger partial charge on any atom is -0.388 e. The maximum Gasteiger partial charge on any atom is 0.245 e. The number of carbonyl (C=O) groups excluding carboxylic acids is 1. The van der Waals surface area contributed by atoms with Gasteiger partial charge in [0.2, 0.25) is 5.91 Å². The van der Waals surface area contributed by atoms with Gasteiger partial charge in [0.25, 0.3) is 0 Å². The van der Waals surface area contributed by atoms with Gasteiger partial charge in [-0.15, -0.1) is 0 Å². The van der Waals surface area contributed by atoms with Crippen molar-refractivity contribution in [2.45, 2.75) is 19.4 Å². The molecule has 90 valence electrons. The van der Waals surface area contributed by atoms with Gasteiger partial charge in [0.05, 0.1) is 6.10 Å². The van der Waals surface area contributed by atoms with E-state index in [1.54, 1.807) is 11.3 Å². The third-order valence-corrected chi connectivity index (χ3v) is 2.81. The van der Waals surface area contributed by atoms with Crippen LogP contribution in [0.5, 0.6) is 0 Å². The predicted octanol–water partition coefficient (Wildman–Crippen LogP) is 1.32. The van der Waals surface area contributed by atoms with Crippen LogP contribution in [0.3, 0.4) is 0 Å². The van der Waals surface area contributed by atoms with Crippen molar-refractivity contribution in [2.24, 2.45) is 0 Å². The molecule has 0 aliphatic heterocycles. The Balaban J connectivity index is 2.13. The zero-order chi connectivity index (χ0) is 11.8. The number of amides is 1. The summed E-state index contributed by atoms with van der Waals surface area (Å²) in [6.07, 6.45) is 0.0212. The summed E-state index contributed by atoms with van der Waals surface area (Å²) >= 11 is 1.55. The molecule has 1 amide bonds. The second-order valence-corrected chi connectivity index (χ2v) is 4.13. The predicted molar refractivity (Wildman–Crippen MR) is 63.4 cm³/mol. The van der Waals surface area contributed by atoms with Crippen molar-refractivity contribution >= 4 is 17.2 Å².